The van der Waals surface area contributed by atoms with E-state index in [4.69, 9.17) is 26.8 Å². The molecule has 0 unspecified atom stereocenters. The lowest BCUT2D eigenvalue weighted by atomic mass is 9.95. The summed E-state index contributed by atoms with van der Waals surface area (Å²) in [6.45, 7) is 5.83. The molecule has 7 nitrogen and oxygen atoms in total. The van der Waals surface area contributed by atoms with E-state index in [-0.39, 0.29) is 17.8 Å². The minimum absolute atomic E-state index is 0.0709. The van der Waals surface area contributed by atoms with E-state index in [0.717, 1.165) is 0 Å². The molecule has 0 bridgehead atoms. The topological polar surface area (TPSA) is 111 Å². The second-order valence-electron chi connectivity index (χ2n) is 6.79. The van der Waals surface area contributed by atoms with Gasteiger partial charge in [0, 0.05) is 11.8 Å². The number of nitrogens with two attached hydrogens (primary N) is 1. The lowest BCUT2D eigenvalue weighted by molar-refractivity contribution is -0.0186. The van der Waals surface area contributed by atoms with Crippen molar-refractivity contribution in [3.05, 3.63) is 41.3 Å². The van der Waals surface area contributed by atoms with Gasteiger partial charge in [-0.3, -0.25) is 0 Å². The van der Waals surface area contributed by atoms with Gasteiger partial charge in [-0.15, -0.1) is 0 Å². The number of nitriles is 1. The predicted octanol–water partition coefficient (Wildman–Crippen LogP) is 3.95. The molecule has 1 atom stereocenters. The summed E-state index contributed by atoms with van der Waals surface area (Å²) in [6, 6.07) is 8.90. The molecule has 0 fully saturated rings. The first kappa shape index (κ1) is 20.5. The molecule has 0 saturated carbocycles. The highest BCUT2D eigenvalue weighted by Gasteiger charge is 2.30. The fourth-order valence-electron chi connectivity index (χ4n) is 2.87. The van der Waals surface area contributed by atoms with Crippen LogP contribution < -0.4 is 10.5 Å². The van der Waals surface area contributed by atoms with Gasteiger partial charge in [-0.25, -0.2) is 14.8 Å². The first-order chi connectivity index (χ1) is 12.7. The van der Waals surface area contributed by atoms with Crippen LogP contribution in [0.1, 0.15) is 32.8 Å². The smallest absolute Gasteiger partial charge is 0.405 e. The van der Waals surface area contributed by atoms with Crippen molar-refractivity contribution in [3.63, 3.8) is 0 Å². The molecule has 0 saturated heterocycles. The van der Waals surface area contributed by atoms with Crippen molar-refractivity contribution in [2.75, 3.05) is 6.61 Å². The van der Waals surface area contributed by atoms with Crippen molar-refractivity contribution >= 4 is 17.7 Å². The van der Waals surface area contributed by atoms with Crippen LogP contribution in [0.4, 0.5) is 4.79 Å². The Labute approximate surface area is 163 Å². The van der Waals surface area contributed by atoms with Gasteiger partial charge in [0.15, 0.2) is 0 Å². The highest BCUT2D eigenvalue weighted by Crippen LogP contribution is 2.28. The average molecular weight is 389 g/mol. The van der Waals surface area contributed by atoms with Crippen molar-refractivity contribution < 1.29 is 14.3 Å². The van der Waals surface area contributed by atoms with Crippen LogP contribution in [0.25, 0.3) is 11.3 Å². The van der Waals surface area contributed by atoms with Crippen molar-refractivity contribution in [2.45, 2.75) is 32.8 Å². The van der Waals surface area contributed by atoms with Crippen molar-refractivity contribution in [3.8, 4) is 23.1 Å². The van der Waals surface area contributed by atoms with Gasteiger partial charge in [0.1, 0.15) is 24.0 Å². The van der Waals surface area contributed by atoms with Gasteiger partial charge in [-0.05, 0) is 55.1 Å². The summed E-state index contributed by atoms with van der Waals surface area (Å²) in [5, 5.41) is 9.59. The number of carbonyl (C=O) groups is 1. The molecule has 142 valence electrons. The highest BCUT2D eigenvalue weighted by molar-refractivity contribution is 6.28. The number of primary amides is 1. The first-order valence-corrected chi connectivity index (χ1v) is 8.74. The Bertz CT molecular complexity index is 866. The Balaban J connectivity index is 2.23. The molecular weight excluding hydrogens is 368 g/mol. The summed E-state index contributed by atoms with van der Waals surface area (Å²) in [4.78, 5) is 19.2. The van der Waals surface area contributed by atoms with E-state index in [9.17, 15) is 10.1 Å². The normalized spacial score (nSPS) is 12.9. The van der Waals surface area contributed by atoms with E-state index in [2.05, 4.69) is 16.0 Å². The quantitative estimate of drug-likeness (QED) is 0.719. The number of rotatable bonds is 7. The largest absolute Gasteiger partial charge is 0.488 e. The third-order valence-electron chi connectivity index (χ3n) is 3.74. The van der Waals surface area contributed by atoms with Crippen molar-refractivity contribution in [2.24, 2.45) is 11.7 Å². The minimum atomic E-state index is -0.897. The maximum absolute atomic E-state index is 11.2. The second kappa shape index (κ2) is 8.69. The molecule has 1 aromatic heterocycles. The summed E-state index contributed by atoms with van der Waals surface area (Å²) >= 11 is 5.82. The summed E-state index contributed by atoms with van der Waals surface area (Å²) in [6.07, 6.45) is 1.24. The Kier molecular flexibility index (Phi) is 6.59. The zero-order valence-electron chi connectivity index (χ0n) is 15.4. The maximum atomic E-state index is 11.2. The van der Waals surface area contributed by atoms with Crippen LogP contribution in [0.2, 0.25) is 5.28 Å². The predicted molar refractivity (Wildman–Crippen MR) is 101 cm³/mol. The van der Waals surface area contributed by atoms with Crippen LogP contribution >= 0.6 is 11.6 Å². The molecule has 0 aliphatic carbocycles. The Morgan fingerprint density at radius 1 is 1.41 bits per heavy atom. The fraction of sp³-hybridized carbons (Fsp3) is 0.368. The fourth-order valence-corrected chi connectivity index (χ4v) is 3.01. The van der Waals surface area contributed by atoms with Crippen LogP contribution in [0.3, 0.4) is 0 Å². The first-order valence-electron chi connectivity index (χ1n) is 8.37. The molecule has 1 heterocycles. The Morgan fingerprint density at radius 2 is 2.15 bits per heavy atom. The molecule has 2 rings (SSSR count). The lowest BCUT2D eigenvalue weighted by Crippen LogP contribution is -2.41. The highest BCUT2D eigenvalue weighted by atomic mass is 35.5. The van der Waals surface area contributed by atoms with E-state index >= 15 is 0 Å². The second-order valence-corrected chi connectivity index (χ2v) is 7.13. The molecule has 0 radical (unpaired) electrons. The summed E-state index contributed by atoms with van der Waals surface area (Å²) in [5.41, 5.74) is 5.92. The lowest BCUT2D eigenvalue weighted by Gasteiger charge is -2.30. The zero-order valence-corrected chi connectivity index (χ0v) is 16.2. The van der Waals surface area contributed by atoms with Crippen molar-refractivity contribution in [1.82, 2.24) is 9.97 Å². The third-order valence-corrected chi connectivity index (χ3v) is 3.92. The molecule has 2 N–H and O–H groups in total. The number of ether oxygens (including phenoxy) is 2. The van der Waals surface area contributed by atoms with E-state index in [1.165, 1.54) is 0 Å². The van der Waals surface area contributed by atoms with Crippen molar-refractivity contribution in [1.29, 1.82) is 5.26 Å². The molecule has 8 heteroatoms. The number of aromatic nitrogens is 2. The third kappa shape index (κ3) is 5.83. The zero-order chi connectivity index (χ0) is 20.0. The average Bonchev–Trinajstić information content (AvgIpc) is 2.58. The van der Waals surface area contributed by atoms with Crippen LogP contribution in [0.5, 0.6) is 5.75 Å². The molecule has 0 spiro atoms. The number of hydrogen-bond acceptors (Lipinski definition) is 6. The Morgan fingerprint density at radius 3 is 2.74 bits per heavy atom. The molecule has 0 aliphatic rings. The molecule has 1 amide bonds. The van der Waals surface area contributed by atoms with Gasteiger partial charge in [0.25, 0.3) is 0 Å². The standard InChI is InChI=1S/C19H21ClN4O3/c1-12(2)9-19(3,27-18(22)25)11-26-16-5-4-13(8-14(16)10-21)15-6-7-23-17(20)24-15/h4-8,12H,9,11H2,1-3H3,(H2,22,25)/t19-/m0/s1. The number of hydrogen-bond donors (Lipinski definition) is 1. The Hall–Kier alpha value is -2.85. The van der Waals surface area contributed by atoms with Gasteiger partial charge < -0.3 is 15.2 Å². The number of amides is 1. The molecule has 2 aromatic rings. The van der Waals surface area contributed by atoms with Gasteiger partial charge in [-0.1, -0.05) is 13.8 Å². The molecule has 0 aliphatic heterocycles. The summed E-state index contributed by atoms with van der Waals surface area (Å²) in [7, 11) is 0. The molecule has 27 heavy (non-hydrogen) atoms. The SMILES string of the molecule is CC(C)C[C@@](C)(COc1ccc(-c2ccnc(Cl)n2)cc1C#N)OC(N)=O. The van der Waals surface area contributed by atoms with Crippen LogP contribution in [-0.4, -0.2) is 28.3 Å². The molecule has 1 aromatic carbocycles. The van der Waals surface area contributed by atoms with Gasteiger partial charge >= 0.3 is 6.09 Å². The number of nitrogens with zero attached hydrogens (tertiary/aromatic N) is 3. The summed E-state index contributed by atoms with van der Waals surface area (Å²) < 4.78 is 11.0. The molecular formula is C19H21ClN4O3. The van der Waals surface area contributed by atoms with Gasteiger partial charge in [-0.2, -0.15) is 5.26 Å². The van der Waals surface area contributed by atoms with E-state index < -0.39 is 11.7 Å². The number of halogens is 1. The van der Waals surface area contributed by atoms with Gasteiger partial charge in [0.2, 0.25) is 5.28 Å². The van der Waals surface area contributed by atoms with Crippen LogP contribution in [0.15, 0.2) is 30.5 Å². The van der Waals surface area contributed by atoms with Crippen LogP contribution in [0, 0.1) is 17.2 Å². The number of benzene rings is 1. The van der Waals surface area contributed by atoms with Crippen LogP contribution in [-0.2, 0) is 4.74 Å². The van der Waals surface area contributed by atoms with E-state index in [1.807, 2.05) is 13.8 Å². The maximum Gasteiger partial charge on any atom is 0.405 e. The van der Waals surface area contributed by atoms with Gasteiger partial charge in [0.05, 0.1) is 11.3 Å². The minimum Gasteiger partial charge on any atom is -0.488 e. The van der Waals surface area contributed by atoms with E-state index in [1.54, 1.807) is 37.4 Å². The summed E-state index contributed by atoms with van der Waals surface area (Å²) in [5.74, 6) is 0.641. The monoisotopic (exact) mass is 388 g/mol. The van der Waals surface area contributed by atoms with E-state index in [0.29, 0.717) is 29.0 Å². The number of carbonyl (C=O) groups excluding carboxylic acids is 1.